The fourth-order valence-corrected chi connectivity index (χ4v) is 5.79. The van der Waals surface area contributed by atoms with E-state index in [9.17, 15) is 4.79 Å². The first kappa shape index (κ1) is 28.9. The number of piperazine rings is 1. The summed E-state index contributed by atoms with van der Waals surface area (Å²) in [7, 11) is 2.17. The van der Waals surface area contributed by atoms with Crippen LogP contribution in [0.5, 0.6) is 0 Å². The molecule has 5 rings (SSSR count). The van der Waals surface area contributed by atoms with Gasteiger partial charge in [-0.15, -0.1) is 0 Å². The molecular formula is C32H38N6O2S. The van der Waals surface area contributed by atoms with Gasteiger partial charge in [0.2, 0.25) is 0 Å². The number of benzene rings is 3. The molecule has 0 radical (unpaired) electrons. The molecule has 1 fully saturated rings. The van der Waals surface area contributed by atoms with E-state index < -0.39 is 0 Å². The Morgan fingerprint density at radius 2 is 1.76 bits per heavy atom. The van der Waals surface area contributed by atoms with Gasteiger partial charge in [0.05, 0.1) is 5.69 Å². The van der Waals surface area contributed by atoms with Crippen LogP contribution >= 0.6 is 11.9 Å². The smallest absolute Gasteiger partial charge is 0.273 e. The third-order valence-electron chi connectivity index (χ3n) is 7.15. The number of nitrogens with zero attached hydrogens (tertiary/aromatic N) is 4. The summed E-state index contributed by atoms with van der Waals surface area (Å²) in [5.74, 6) is 0.195. The minimum Gasteiger partial charge on any atom is -0.399 e. The van der Waals surface area contributed by atoms with Crippen molar-refractivity contribution in [2.45, 2.75) is 31.3 Å². The van der Waals surface area contributed by atoms with Crippen LogP contribution in [-0.4, -0.2) is 65.8 Å². The van der Waals surface area contributed by atoms with Crippen molar-refractivity contribution in [2.24, 2.45) is 10.7 Å². The molecule has 9 heteroatoms. The minimum absolute atomic E-state index is 0.203. The van der Waals surface area contributed by atoms with Gasteiger partial charge in [0.1, 0.15) is 12.4 Å². The minimum atomic E-state index is -0.203. The Labute approximate surface area is 246 Å². The van der Waals surface area contributed by atoms with Crippen molar-refractivity contribution < 1.29 is 9.63 Å². The summed E-state index contributed by atoms with van der Waals surface area (Å²) in [5.41, 5.74) is 18.1. The number of carbonyl (C=O) groups is 1. The number of fused-ring (bicyclic) bond motifs is 1. The number of nitrogens with two attached hydrogens (primary N) is 2. The van der Waals surface area contributed by atoms with Gasteiger partial charge < -0.3 is 16.4 Å². The third kappa shape index (κ3) is 7.56. The number of rotatable bonds is 9. The van der Waals surface area contributed by atoms with E-state index in [1.54, 1.807) is 0 Å². The number of nitrogen functional groups attached to an aromatic ring is 1. The molecule has 1 saturated heterocycles. The maximum absolute atomic E-state index is 13.6. The zero-order valence-corrected chi connectivity index (χ0v) is 24.6. The maximum atomic E-state index is 13.6. The monoisotopic (exact) mass is 570 g/mol. The Hall–Kier alpha value is -3.63. The number of aliphatic imine (C=N–C) groups is 1. The molecule has 1 amide bonds. The highest BCUT2D eigenvalue weighted by molar-refractivity contribution is 7.97. The number of hydroxylamine groups is 2. The van der Waals surface area contributed by atoms with E-state index in [0.717, 1.165) is 60.5 Å². The summed E-state index contributed by atoms with van der Waals surface area (Å²) in [6.07, 6.45) is 2.90. The molecule has 0 bridgehead atoms. The van der Waals surface area contributed by atoms with Crippen LogP contribution in [0.15, 0.2) is 82.2 Å². The molecule has 0 unspecified atom stereocenters. The van der Waals surface area contributed by atoms with Crippen LogP contribution in [0.25, 0.3) is 17.2 Å². The van der Waals surface area contributed by atoms with E-state index in [2.05, 4.69) is 51.6 Å². The number of amides is 1. The first-order valence-corrected chi connectivity index (χ1v) is 14.8. The van der Waals surface area contributed by atoms with Crippen LogP contribution in [0.1, 0.15) is 30.9 Å². The number of hydrogen-bond donors (Lipinski definition) is 2. The molecule has 0 aromatic heterocycles. The predicted molar refractivity (Wildman–Crippen MR) is 168 cm³/mol. The molecule has 41 heavy (non-hydrogen) atoms. The third-order valence-corrected chi connectivity index (χ3v) is 8.24. The summed E-state index contributed by atoms with van der Waals surface area (Å²) >= 11 is 1.81. The van der Waals surface area contributed by atoms with E-state index in [1.807, 2.05) is 61.3 Å². The zero-order chi connectivity index (χ0) is 28.8. The van der Waals surface area contributed by atoms with Crippen molar-refractivity contribution in [1.82, 2.24) is 14.3 Å². The van der Waals surface area contributed by atoms with Crippen LogP contribution in [0.2, 0.25) is 0 Å². The molecule has 3 aromatic rings. The van der Waals surface area contributed by atoms with Crippen LogP contribution in [0.3, 0.4) is 0 Å². The number of likely N-dealkylation sites (N-methyl/N-ethyl adjacent to an activating group) is 1. The molecule has 214 valence electrons. The Kier molecular flexibility index (Phi) is 9.41. The lowest BCUT2D eigenvalue weighted by Gasteiger charge is -2.31. The quantitative estimate of drug-likeness (QED) is 0.204. The standard InChI is InChI=1S/C32H38N6O2S/c1-3-13-38(40-22-23-7-11-28(33)12-8-23)32(39)27-18-26-10-9-25(20-30(26)35-31(34)21-27)24-5-4-6-29(19-24)41-37-16-14-36(2)15-17-37/h4-12,18-20H,3,13-17,21-22,33H2,1-2H3,(H2,34,35). The van der Waals surface area contributed by atoms with Gasteiger partial charge in [-0.1, -0.05) is 43.3 Å². The highest BCUT2D eigenvalue weighted by atomic mass is 32.2. The van der Waals surface area contributed by atoms with E-state index in [0.29, 0.717) is 23.6 Å². The lowest BCUT2D eigenvalue weighted by atomic mass is 10.0. The van der Waals surface area contributed by atoms with Crippen LogP contribution in [-0.2, 0) is 16.2 Å². The first-order valence-electron chi connectivity index (χ1n) is 14.1. The summed E-state index contributed by atoms with van der Waals surface area (Å²) in [4.78, 5) is 27.8. The van der Waals surface area contributed by atoms with Gasteiger partial charge in [0, 0.05) is 60.9 Å². The van der Waals surface area contributed by atoms with Crippen molar-refractivity contribution in [3.63, 3.8) is 0 Å². The molecule has 2 aliphatic rings. The lowest BCUT2D eigenvalue weighted by molar-refractivity contribution is -0.187. The second kappa shape index (κ2) is 13.4. The average Bonchev–Trinajstić information content (AvgIpc) is 3.14. The van der Waals surface area contributed by atoms with Crippen LogP contribution in [0, 0.1) is 0 Å². The predicted octanol–water partition coefficient (Wildman–Crippen LogP) is 5.34. The van der Waals surface area contributed by atoms with Crippen LogP contribution < -0.4 is 11.5 Å². The summed E-state index contributed by atoms with van der Waals surface area (Å²) < 4.78 is 2.42. The Bertz CT molecular complexity index is 1430. The van der Waals surface area contributed by atoms with Gasteiger partial charge in [0.25, 0.3) is 5.91 Å². The fourth-order valence-electron chi connectivity index (χ4n) is 4.82. The molecule has 0 aliphatic carbocycles. The van der Waals surface area contributed by atoms with Gasteiger partial charge >= 0.3 is 0 Å². The second-order valence-electron chi connectivity index (χ2n) is 10.5. The molecule has 4 N–H and O–H groups in total. The summed E-state index contributed by atoms with van der Waals surface area (Å²) in [5, 5.41) is 1.43. The van der Waals surface area contributed by atoms with Gasteiger partial charge in [-0.3, -0.25) is 9.63 Å². The van der Waals surface area contributed by atoms with Gasteiger partial charge in [-0.2, -0.15) is 0 Å². The van der Waals surface area contributed by atoms with Gasteiger partial charge in [-0.25, -0.2) is 14.4 Å². The Morgan fingerprint density at radius 1 is 1.00 bits per heavy atom. The van der Waals surface area contributed by atoms with Crippen LogP contribution in [0.4, 0.5) is 11.4 Å². The largest absolute Gasteiger partial charge is 0.399 e. The van der Waals surface area contributed by atoms with E-state index in [4.69, 9.17) is 16.3 Å². The number of amidine groups is 1. The van der Waals surface area contributed by atoms with Crippen molar-refractivity contribution >= 4 is 41.1 Å². The molecule has 8 nitrogen and oxygen atoms in total. The maximum Gasteiger partial charge on any atom is 0.273 e. The Balaban J connectivity index is 1.33. The van der Waals surface area contributed by atoms with Crippen molar-refractivity contribution in [2.75, 3.05) is 45.5 Å². The highest BCUT2D eigenvalue weighted by Gasteiger charge is 2.23. The number of anilines is 1. The number of hydrogen-bond acceptors (Lipinski definition) is 8. The van der Waals surface area contributed by atoms with E-state index >= 15 is 0 Å². The zero-order valence-electron chi connectivity index (χ0n) is 23.8. The SMILES string of the molecule is CCCN(OCc1ccc(N)cc1)C(=O)C1=Cc2ccc(-c3cccc(SN4CCN(C)CC4)c3)cc2N=C(N)C1. The normalized spacial score (nSPS) is 16.0. The first-order chi connectivity index (χ1) is 19.9. The molecule has 0 saturated carbocycles. The lowest BCUT2D eigenvalue weighted by Crippen LogP contribution is -2.40. The van der Waals surface area contributed by atoms with Crippen molar-refractivity contribution in [3.8, 4) is 11.1 Å². The highest BCUT2D eigenvalue weighted by Crippen LogP contribution is 2.34. The van der Waals surface area contributed by atoms with E-state index in [1.165, 1.54) is 9.96 Å². The second-order valence-corrected chi connectivity index (χ2v) is 11.7. The van der Waals surface area contributed by atoms with Gasteiger partial charge in [-0.05, 0) is 78.5 Å². The molecule has 3 aromatic carbocycles. The summed E-state index contributed by atoms with van der Waals surface area (Å²) in [6, 6.07) is 22.2. The number of carbonyl (C=O) groups excluding carboxylic acids is 1. The molecule has 0 atom stereocenters. The average molecular weight is 571 g/mol. The van der Waals surface area contributed by atoms with Crippen molar-refractivity contribution in [1.29, 1.82) is 0 Å². The van der Waals surface area contributed by atoms with E-state index in [-0.39, 0.29) is 18.9 Å². The summed E-state index contributed by atoms with van der Waals surface area (Å²) in [6.45, 7) is 7.02. The fraction of sp³-hybridized carbons (Fsp3) is 0.312. The molecule has 2 heterocycles. The van der Waals surface area contributed by atoms with Gasteiger partial charge in [0.15, 0.2) is 0 Å². The topological polar surface area (TPSA) is 100 Å². The molecular weight excluding hydrogens is 532 g/mol. The molecule has 2 aliphatic heterocycles. The Morgan fingerprint density at radius 3 is 2.51 bits per heavy atom. The molecule has 0 spiro atoms. The van der Waals surface area contributed by atoms with Crippen molar-refractivity contribution in [3.05, 3.63) is 83.4 Å².